The molecule has 0 fully saturated rings. The maximum Gasteiger partial charge on any atom is 0.0624 e. The van der Waals surface area contributed by atoms with Gasteiger partial charge in [-0.3, -0.25) is 4.68 Å². The zero-order valence-electron chi connectivity index (χ0n) is 12.0. The average Bonchev–Trinajstić information content (AvgIpc) is 2.67. The molecule has 1 rings (SSSR count). The Morgan fingerprint density at radius 2 is 2.06 bits per heavy atom. The third kappa shape index (κ3) is 3.84. The fourth-order valence-corrected chi connectivity index (χ4v) is 2.42. The smallest absolute Gasteiger partial charge is 0.0624 e. The molecule has 0 spiro atoms. The van der Waals surface area contributed by atoms with Gasteiger partial charge in [0.15, 0.2) is 0 Å². The number of aryl methyl sites for hydroxylation is 2. The highest BCUT2D eigenvalue weighted by Gasteiger charge is 2.16. The predicted molar refractivity (Wildman–Crippen MR) is 73.2 cm³/mol. The highest BCUT2D eigenvalue weighted by Crippen LogP contribution is 2.15. The van der Waals surface area contributed by atoms with Crippen LogP contribution in [0.2, 0.25) is 0 Å². The van der Waals surface area contributed by atoms with Gasteiger partial charge in [-0.25, -0.2) is 0 Å². The lowest BCUT2D eigenvalue weighted by molar-refractivity contribution is 0.365. The van der Waals surface area contributed by atoms with Crippen molar-refractivity contribution in [2.75, 3.05) is 6.54 Å². The fraction of sp³-hybridized carbons (Fsp3) is 0.786. The lowest BCUT2D eigenvalue weighted by atomic mass is 9.94. The Kier molecular flexibility index (Phi) is 5.69. The van der Waals surface area contributed by atoms with Crippen molar-refractivity contribution >= 4 is 0 Å². The summed E-state index contributed by atoms with van der Waals surface area (Å²) in [6.07, 6.45) is 3.31. The second-order valence-corrected chi connectivity index (χ2v) is 4.86. The lowest BCUT2D eigenvalue weighted by Crippen LogP contribution is -2.35. The summed E-state index contributed by atoms with van der Waals surface area (Å²) in [5.74, 6) is 0.653. The summed E-state index contributed by atoms with van der Waals surface area (Å²) < 4.78 is 2.04. The van der Waals surface area contributed by atoms with Crippen molar-refractivity contribution in [3.63, 3.8) is 0 Å². The second kappa shape index (κ2) is 6.80. The van der Waals surface area contributed by atoms with Gasteiger partial charge in [-0.05, 0) is 37.8 Å². The van der Waals surface area contributed by atoms with Gasteiger partial charge in [0.2, 0.25) is 0 Å². The van der Waals surface area contributed by atoms with Gasteiger partial charge >= 0.3 is 0 Å². The van der Waals surface area contributed by atoms with E-state index >= 15 is 0 Å². The fourth-order valence-electron chi connectivity index (χ4n) is 2.42. The molecule has 2 unspecified atom stereocenters. The molecule has 2 atom stereocenters. The zero-order valence-corrected chi connectivity index (χ0v) is 12.0. The number of hydrogen-bond donors (Lipinski definition) is 1. The summed E-state index contributed by atoms with van der Waals surface area (Å²) in [5, 5.41) is 8.07. The van der Waals surface area contributed by atoms with Gasteiger partial charge in [-0.2, -0.15) is 5.10 Å². The van der Waals surface area contributed by atoms with Crippen LogP contribution >= 0.6 is 0 Å². The van der Waals surface area contributed by atoms with Crippen molar-refractivity contribution in [2.45, 2.75) is 53.0 Å². The average molecular weight is 237 g/mol. The Bertz CT molecular complexity index is 330. The van der Waals surface area contributed by atoms with Crippen molar-refractivity contribution < 1.29 is 0 Å². The van der Waals surface area contributed by atoms with E-state index in [0.29, 0.717) is 12.0 Å². The first-order chi connectivity index (χ1) is 8.12. The van der Waals surface area contributed by atoms with E-state index in [1.54, 1.807) is 0 Å². The highest BCUT2D eigenvalue weighted by molar-refractivity contribution is 5.11. The molecule has 0 saturated heterocycles. The lowest BCUT2D eigenvalue weighted by Gasteiger charge is -2.23. The van der Waals surface area contributed by atoms with Crippen LogP contribution < -0.4 is 5.32 Å². The first-order valence-electron chi connectivity index (χ1n) is 6.87. The predicted octanol–water partition coefficient (Wildman–Crippen LogP) is 2.55. The Morgan fingerprint density at radius 1 is 1.35 bits per heavy atom. The highest BCUT2D eigenvalue weighted by atomic mass is 15.3. The van der Waals surface area contributed by atoms with E-state index in [4.69, 9.17) is 0 Å². The molecule has 0 bridgehead atoms. The maximum atomic E-state index is 4.51. The van der Waals surface area contributed by atoms with Crippen LogP contribution in [0.15, 0.2) is 6.07 Å². The van der Waals surface area contributed by atoms with E-state index in [2.05, 4.69) is 51.2 Å². The van der Waals surface area contributed by atoms with Crippen LogP contribution in [0.5, 0.6) is 0 Å². The standard InChI is InChI=1S/C14H27N3/c1-6-12-10-13(17(5)16-12)9-11(4)14(7-2)15-8-3/h10-11,14-15H,6-9H2,1-5H3. The third-order valence-electron chi connectivity index (χ3n) is 3.51. The van der Waals surface area contributed by atoms with Crippen LogP contribution in [0.4, 0.5) is 0 Å². The molecule has 0 aromatic carbocycles. The van der Waals surface area contributed by atoms with E-state index < -0.39 is 0 Å². The number of rotatable bonds is 7. The summed E-state index contributed by atoms with van der Waals surface area (Å²) in [4.78, 5) is 0. The summed E-state index contributed by atoms with van der Waals surface area (Å²) in [5.41, 5.74) is 2.55. The quantitative estimate of drug-likeness (QED) is 0.790. The van der Waals surface area contributed by atoms with E-state index in [1.165, 1.54) is 17.8 Å². The SMILES string of the molecule is CCNC(CC)C(C)Cc1cc(CC)nn1C. The molecule has 0 saturated carbocycles. The van der Waals surface area contributed by atoms with E-state index in [1.807, 2.05) is 4.68 Å². The van der Waals surface area contributed by atoms with Crippen LogP contribution in [-0.2, 0) is 19.9 Å². The largest absolute Gasteiger partial charge is 0.314 e. The Labute approximate surface area is 106 Å². The van der Waals surface area contributed by atoms with Gasteiger partial charge in [0.1, 0.15) is 0 Å². The van der Waals surface area contributed by atoms with Crippen LogP contribution in [-0.4, -0.2) is 22.4 Å². The molecule has 0 aliphatic rings. The van der Waals surface area contributed by atoms with Crippen LogP contribution in [0.1, 0.15) is 45.5 Å². The summed E-state index contributed by atoms with van der Waals surface area (Å²) >= 11 is 0. The molecule has 1 aromatic heterocycles. The molecular formula is C14H27N3. The molecule has 1 aromatic rings. The van der Waals surface area contributed by atoms with Crippen molar-refractivity contribution in [1.82, 2.24) is 15.1 Å². The molecule has 98 valence electrons. The normalized spacial score (nSPS) is 14.9. The molecule has 0 aliphatic heterocycles. The number of nitrogens with one attached hydrogen (secondary N) is 1. The Morgan fingerprint density at radius 3 is 2.53 bits per heavy atom. The molecule has 1 N–H and O–H groups in total. The second-order valence-electron chi connectivity index (χ2n) is 4.86. The van der Waals surface area contributed by atoms with Crippen molar-refractivity contribution in [3.8, 4) is 0 Å². The molecule has 0 radical (unpaired) electrons. The van der Waals surface area contributed by atoms with Crippen molar-refractivity contribution in [1.29, 1.82) is 0 Å². The number of nitrogens with zero attached hydrogens (tertiary/aromatic N) is 2. The molecule has 1 heterocycles. The minimum Gasteiger partial charge on any atom is -0.314 e. The van der Waals surface area contributed by atoms with Gasteiger partial charge in [0.25, 0.3) is 0 Å². The first-order valence-corrected chi connectivity index (χ1v) is 6.87. The topological polar surface area (TPSA) is 29.9 Å². The van der Waals surface area contributed by atoms with Crippen LogP contribution in [0.3, 0.4) is 0 Å². The van der Waals surface area contributed by atoms with E-state index in [0.717, 1.165) is 19.4 Å². The van der Waals surface area contributed by atoms with Crippen molar-refractivity contribution in [3.05, 3.63) is 17.5 Å². The Balaban J connectivity index is 2.65. The third-order valence-corrected chi connectivity index (χ3v) is 3.51. The summed E-state index contributed by atoms with van der Waals surface area (Å²) in [7, 11) is 2.05. The van der Waals surface area contributed by atoms with Gasteiger partial charge in [-0.1, -0.05) is 27.7 Å². The summed E-state index contributed by atoms with van der Waals surface area (Å²) in [6.45, 7) is 9.96. The molecule has 3 heteroatoms. The molecule has 0 aliphatic carbocycles. The number of aromatic nitrogens is 2. The van der Waals surface area contributed by atoms with Gasteiger partial charge in [0, 0.05) is 18.8 Å². The van der Waals surface area contributed by atoms with Gasteiger partial charge in [0.05, 0.1) is 5.69 Å². The minimum atomic E-state index is 0.611. The monoisotopic (exact) mass is 237 g/mol. The number of hydrogen-bond acceptors (Lipinski definition) is 2. The zero-order chi connectivity index (χ0) is 12.8. The minimum absolute atomic E-state index is 0.611. The molecular weight excluding hydrogens is 210 g/mol. The molecule has 0 amide bonds. The van der Waals surface area contributed by atoms with Crippen molar-refractivity contribution in [2.24, 2.45) is 13.0 Å². The van der Waals surface area contributed by atoms with E-state index in [9.17, 15) is 0 Å². The van der Waals surface area contributed by atoms with Gasteiger partial charge in [-0.15, -0.1) is 0 Å². The maximum absolute atomic E-state index is 4.51. The van der Waals surface area contributed by atoms with Crippen LogP contribution in [0.25, 0.3) is 0 Å². The first kappa shape index (κ1) is 14.2. The van der Waals surface area contributed by atoms with Gasteiger partial charge < -0.3 is 5.32 Å². The van der Waals surface area contributed by atoms with E-state index in [-0.39, 0.29) is 0 Å². The summed E-state index contributed by atoms with van der Waals surface area (Å²) in [6, 6.07) is 2.86. The van der Waals surface area contributed by atoms with Crippen LogP contribution in [0, 0.1) is 5.92 Å². The Hall–Kier alpha value is -0.830. The molecule has 17 heavy (non-hydrogen) atoms. The molecule has 3 nitrogen and oxygen atoms in total.